The van der Waals surface area contributed by atoms with Gasteiger partial charge >= 0.3 is 0 Å². The maximum Gasteiger partial charge on any atom is 0.227 e. The molecule has 0 aromatic rings. The summed E-state index contributed by atoms with van der Waals surface area (Å²) in [4.78, 5) is 12.3. The molecule has 0 aromatic carbocycles. The fourth-order valence-electron chi connectivity index (χ4n) is 2.44. The van der Waals surface area contributed by atoms with E-state index in [1.54, 1.807) is 18.7 Å². The first-order chi connectivity index (χ1) is 8.46. The van der Waals surface area contributed by atoms with Crippen molar-refractivity contribution in [2.24, 2.45) is 5.41 Å². The van der Waals surface area contributed by atoms with Gasteiger partial charge in [0.15, 0.2) is 0 Å². The van der Waals surface area contributed by atoms with Crippen molar-refractivity contribution in [1.82, 2.24) is 10.6 Å². The summed E-state index contributed by atoms with van der Waals surface area (Å²) in [5, 5.41) is 16.3. The molecule has 0 spiro atoms. The van der Waals surface area contributed by atoms with Crippen molar-refractivity contribution in [3.63, 3.8) is 0 Å². The summed E-state index contributed by atoms with van der Waals surface area (Å²) in [6, 6.07) is 0. The first-order valence-corrected chi connectivity index (χ1v) is 8.05. The van der Waals surface area contributed by atoms with Crippen molar-refractivity contribution in [3.8, 4) is 0 Å². The van der Waals surface area contributed by atoms with E-state index in [9.17, 15) is 9.90 Å². The van der Waals surface area contributed by atoms with Gasteiger partial charge in [-0.15, -0.1) is 0 Å². The molecule has 2 atom stereocenters. The second-order valence-electron chi connectivity index (χ2n) is 5.53. The molecule has 1 aliphatic heterocycles. The predicted molar refractivity (Wildman–Crippen MR) is 76.8 cm³/mol. The highest BCUT2D eigenvalue weighted by Gasteiger charge is 2.38. The van der Waals surface area contributed by atoms with Crippen LogP contribution in [0.25, 0.3) is 0 Å². The van der Waals surface area contributed by atoms with Crippen LogP contribution >= 0.6 is 11.8 Å². The predicted octanol–water partition coefficient (Wildman–Crippen LogP) is 0.996. The lowest BCUT2D eigenvalue weighted by molar-refractivity contribution is -0.133. The Balaban J connectivity index is 2.52. The van der Waals surface area contributed by atoms with Gasteiger partial charge in [0, 0.05) is 18.8 Å². The molecule has 1 aliphatic rings. The second-order valence-corrected chi connectivity index (χ2v) is 6.39. The molecule has 0 aliphatic carbocycles. The van der Waals surface area contributed by atoms with Gasteiger partial charge in [-0.05, 0) is 39.0 Å². The van der Waals surface area contributed by atoms with Gasteiger partial charge in [-0.25, -0.2) is 0 Å². The lowest BCUT2D eigenvalue weighted by Gasteiger charge is -2.36. The highest BCUT2D eigenvalue weighted by molar-refractivity contribution is 7.98. The van der Waals surface area contributed by atoms with E-state index in [1.165, 1.54) is 0 Å². The summed E-state index contributed by atoms with van der Waals surface area (Å²) < 4.78 is 0. The number of aliphatic hydroxyl groups is 1. The Bertz CT molecular complexity index is 276. The minimum absolute atomic E-state index is 0.0820. The standard InChI is InChI=1S/C13H26N2O2S/c1-4-13(6-5-7-14-9-13)11(16)15-8-12(2,17)10-18-3/h14,17H,4-10H2,1-3H3,(H,15,16). The van der Waals surface area contributed by atoms with Gasteiger partial charge in [-0.2, -0.15) is 11.8 Å². The van der Waals surface area contributed by atoms with Crippen LogP contribution in [0.4, 0.5) is 0 Å². The third-order valence-corrected chi connectivity index (χ3v) is 4.63. The molecule has 1 saturated heterocycles. The van der Waals surface area contributed by atoms with Gasteiger partial charge in [0.05, 0.1) is 11.0 Å². The third-order valence-electron chi connectivity index (χ3n) is 3.72. The van der Waals surface area contributed by atoms with Crippen LogP contribution in [-0.4, -0.2) is 48.3 Å². The lowest BCUT2D eigenvalue weighted by atomic mass is 9.77. The monoisotopic (exact) mass is 274 g/mol. The summed E-state index contributed by atoms with van der Waals surface area (Å²) in [5.74, 6) is 0.712. The molecule has 0 saturated carbocycles. The maximum absolute atomic E-state index is 12.3. The number of hydrogen-bond donors (Lipinski definition) is 3. The molecule has 0 bridgehead atoms. The largest absolute Gasteiger partial charge is 0.387 e. The average molecular weight is 274 g/mol. The van der Waals surface area contributed by atoms with E-state index in [0.717, 1.165) is 32.4 Å². The van der Waals surface area contributed by atoms with Gasteiger partial charge in [0.25, 0.3) is 0 Å². The van der Waals surface area contributed by atoms with Crippen molar-refractivity contribution in [2.45, 2.75) is 38.7 Å². The Hall–Kier alpha value is -0.260. The van der Waals surface area contributed by atoms with Crippen LogP contribution in [-0.2, 0) is 4.79 Å². The minimum Gasteiger partial charge on any atom is -0.387 e. The lowest BCUT2D eigenvalue weighted by Crippen LogP contribution is -2.53. The van der Waals surface area contributed by atoms with Crippen LogP contribution in [0.2, 0.25) is 0 Å². The maximum atomic E-state index is 12.3. The van der Waals surface area contributed by atoms with Crippen LogP contribution in [0.3, 0.4) is 0 Å². The van der Waals surface area contributed by atoms with Crippen molar-refractivity contribution >= 4 is 17.7 Å². The molecule has 3 N–H and O–H groups in total. The molecule has 18 heavy (non-hydrogen) atoms. The van der Waals surface area contributed by atoms with Gasteiger partial charge in [0.2, 0.25) is 5.91 Å². The number of nitrogens with one attached hydrogen (secondary N) is 2. The molecule has 106 valence electrons. The molecule has 0 aromatic heterocycles. The molecule has 1 fully saturated rings. The number of rotatable bonds is 6. The Morgan fingerprint density at radius 2 is 2.33 bits per heavy atom. The Labute approximate surface area is 114 Å². The van der Waals surface area contributed by atoms with Gasteiger partial charge in [-0.1, -0.05) is 6.92 Å². The van der Waals surface area contributed by atoms with E-state index >= 15 is 0 Å². The molecule has 0 radical (unpaired) electrons. The zero-order valence-electron chi connectivity index (χ0n) is 11.7. The van der Waals surface area contributed by atoms with E-state index in [4.69, 9.17) is 0 Å². The normalized spacial score (nSPS) is 27.6. The van der Waals surface area contributed by atoms with Crippen molar-refractivity contribution in [3.05, 3.63) is 0 Å². The highest BCUT2D eigenvalue weighted by atomic mass is 32.2. The molecule has 2 unspecified atom stereocenters. The quantitative estimate of drug-likeness (QED) is 0.676. The van der Waals surface area contributed by atoms with Crippen LogP contribution in [0.15, 0.2) is 0 Å². The van der Waals surface area contributed by atoms with E-state index in [0.29, 0.717) is 12.3 Å². The number of carbonyl (C=O) groups is 1. The van der Waals surface area contributed by atoms with Crippen LogP contribution < -0.4 is 10.6 Å². The molecular formula is C13H26N2O2S. The van der Waals surface area contributed by atoms with Crippen molar-refractivity contribution in [2.75, 3.05) is 31.6 Å². The highest BCUT2D eigenvalue weighted by Crippen LogP contribution is 2.30. The van der Waals surface area contributed by atoms with E-state index in [1.807, 2.05) is 6.26 Å². The fourth-order valence-corrected chi connectivity index (χ4v) is 3.17. The summed E-state index contributed by atoms with van der Waals surface area (Å²) in [5.41, 5.74) is -1.11. The molecule has 5 heteroatoms. The van der Waals surface area contributed by atoms with E-state index < -0.39 is 5.60 Å². The Morgan fingerprint density at radius 3 is 2.83 bits per heavy atom. The van der Waals surface area contributed by atoms with Crippen LogP contribution in [0.5, 0.6) is 0 Å². The third kappa shape index (κ3) is 4.14. The van der Waals surface area contributed by atoms with Gasteiger partial charge in [0.1, 0.15) is 0 Å². The van der Waals surface area contributed by atoms with Crippen LogP contribution in [0.1, 0.15) is 33.1 Å². The van der Waals surface area contributed by atoms with Crippen molar-refractivity contribution in [1.29, 1.82) is 0 Å². The number of thioether (sulfide) groups is 1. The number of carbonyl (C=O) groups excluding carboxylic acids is 1. The smallest absolute Gasteiger partial charge is 0.227 e. The summed E-state index contributed by atoms with van der Waals surface area (Å²) in [6.07, 6.45) is 4.78. The SMILES string of the molecule is CCC1(C(=O)NCC(C)(O)CSC)CCCNC1. The van der Waals surface area contributed by atoms with Crippen molar-refractivity contribution < 1.29 is 9.90 Å². The Morgan fingerprint density at radius 1 is 1.61 bits per heavy atom. The topological polar surface area (TPSA) is 61.4 Å². The zero-order valence-corrected chi connectivity index (χ0v) is 12.5. The number of hydrogen-bond acceptors (Lipinski definition) is 4. The summed E-state index contributed by atoms with van der Waals surface area (Å²) >= 11 is 1.59. The van der Waals surface area contributed by atoms with E-state index in [-0.39, 0.29) is 11.3 Å². The first kappa shape index (κ1) is 15.8. The molecular weight excluding hydrogens is 248 g/mol. The fraction of sp³-hybridized carbons (Fsp3) is 0.923. The molecule has 1 rings (SSSR count). The molecule has 1 amide bonds. The van der Waals surface area contributed by atoms with E-state index in [2.05, 4.69) is 17.6 Å². The first-order valence-electron chi connectivity index (χ1n) is 6.66. The zero-order chi connectivity index (χ0) is 13.6. The number of piperidine rings is 1. The minimum atomic E-state index is -0.827. The van der Waals surface area contributed by atoms with Gasteiger partial charge < -0.3 is 15.7 Å². The summed E-state index contributed by atoms with van der Waals surface area (Å²) in [7, 11) is 0. The molecule has 4 nitrogen and oxygen atoms in total. The average Bonchev–Trinajstić information content (AvgIpc) is 2.37. The van der Waals surface area contributed by atoms with Crippen LogP contribution in [0, 0.1) is 5.41 Å². The Kier molecular flexibility index (Phi) is 5.95. The number of amides is 1. The van der Waals surface area contributed by atoms with Gasteiger partial charge in [-0.3, -0.25) is 4.79 Å². The second kappa shape index (κ2) is 6.78. The molecule has 1 heterocycles. The summed E-state index contributed by atoms with van der Waals surface area (Å²) in [6.45, 7) is 5.90.